The van der Waals surface area contributed by atoms with E-state index in [-0.39, 0.29) is 0 Å². The van der Waals surface area contributed by atoms with Crippen molar-refractivity contribution in [2.24, 2.45) is 5.73 Å². The standard InChI is InChI=1S/C7H9N5/c8-3-5-4-10-7-2-1-6(9)11-12(5)7/h1-2,4H,3,8H2,(H2,9,11). The first-order valence-electron chi connectivity index (χ1n) is 3.60. The number of nitrogens with zero attached hydrogens (tertiary/aromatic N) is 3. The Hall–Kier alpha value is -1.62. The highest BCUT2D eigenvalue weighted by molar-refractivity contribution is 5.43. The molecule has 0 fully saturated rings. The number of rotatable bonds is 1. The topological polar surface area (TPSA) is 82.2 Å². The molecule has 4 N–H and O–H groups in total. The molecule has 62 valence electrons. The predicted molar refractivity (Wildman–Crippen MR) is 45.3 cm³/mol. The van der Waals surface area contributed by atoms with Gasteiger partial charge < -0.3 is 11.5 Å². The summed E-state index contributed by atoms with van der Waals surface area (Å²) < 4.78 is 1.65. The number of fused-ring (bicyclic) bond motifs is 1. The summed E-state index contributed by atoms with van der Waals surface area (Å²) in [6, 6.07) is 3.52. The van der Waals surface area contributed by atoms with Crippen LogP contribution in [0.1, 0.15) is 5.69 Å². The Bertz CT molecular complexity index is 405. The summed E-state index contributed by atoms with van der Waals surface area (Å²) >= 11 is 0. The Kier molecular flexibility index (Phi) is 1.44. The van der Waals surface area contributed by atoms with Crippen molar-refractivity contribution in [1.29, 1.82) is 0 Å². The molecule has 0 aliphatic carbocycles. The lowest BCUT2D eigenvalue weighted by molar-refractivity contribution is 0.851. The Balaban J connectivity index is 2.75. The Labute approximate surface area is 69.0 Å². The second-order valence-electron chi connectivity index (χ2n) is 2.48. The van der Waals surface area contributed by atoms with Gasteiger partial charge >= 0.3 is 0 Å². The van der Waals surface area contributed by atoms with E-state index in [1.54, 1.807) is 16.8 Å². The molecule has 0 atom stereocenters. The van der Waals surface area contributed by atoms with Crippen LogP contribution in [0.2, 0.25) is 0 Å². The minimum atomic E-state index is 0.414. The maximum atomic E-state index is 5.51. The number of hydrogen-bond donors (Lipinski definition) is 2. The monoisotopic (exact) mass is 163 g/mol. The van der Waals surface area contributed by atoms with E-state index in [2.05, 4.69) is 10.1 Å². The Morgan fingerprint density at radius 3 is 3.00 bits per heavy atom. The molecule has 0 bridgehead atoms. The molecule has 2 heterocycles. The molecule has 0 unspecified atom stereocenters. The lowest BCUT2D eigenvalue weighted by Gasteiger charge is -1.97. The van der Waals surface area contributed by atoms with Crippen LogP contribution in [0.3, 0.4) is 0 Å². The molecule has 0 aliphatic heterocycles. The summed E-state index contributed by atoms with van der Waals surface area (Å²) in [6.07, 6.45) is 1.70. The lowest BCUT2D eigenvalue weighted by Crippen LogP contribution is -2.04. The first-order valence-corrected chi connectivity index (χ1v) is 3.60. The van der Waals surface area contributed by atoms with Gasteiger partial charge in [-0.3, -0.25) is 0 Å². The number of anilines is 1. The van der Waals surface area contributed by atoms with Gasteiger partial charge in [-0.2, -0.15) is 0 Å². The average Bonchev–Trinajstić information content (AvgIpc) is 2.46. The van der Waals surface area contributed by atoms with Crippen LogP contribution in [0.5, 0.6) is 0 Å². The van der Waals surface area contributed by atoms with Crippen LogP contribution in [0.4, 0.5) is 5.82 Å². The van der Waals surface area contributed by atoms with Crippen LogP contribution in [0, 0.1) is 0 Å². The van der Waals surface area contributed by atoms with E-state index < -0.39 is 0 Å². The Morgan fingerprint density at radius 1 is 1.42 bits per heavy atom. The molecule has 2 aromatic rings. The zero-order valence-corrected chi connectivity index (χ0v) is 6.44. The summed E-state index contributed by atoms with van der Waals surface area (Å²) in [5.41, 5.74) is 12.6. The number of nitrogen functional groups attached to an aromatic ring is 1. The van der Waals surface area contributed by atoms with Gasteiger partial charge in [-0.15, -0.1) is 5.10 Å². The van der Waals surface area contributed by atoms with Gasteiger partial charge in [-0.25, -0.2) is 9.50 Å². The van der Waals surface area contributed by atoms with Gasteiger partial charge in [0.2, 0.25) is 0 Å². The first kappa shape index (κ1) is 7.05. The minimum Gasteiger partial charge on any atom is -0.382 e. The van der Waals surface area contributed by atoms with Crippen LogP contribution in [0.25, 0.3) is 5.65 Å². The molecule has 2 aromatic heterocycles. The third-order valence-electron chi connectivity index (χ3n) is 1.66. The van der Waals surface area contributed by atoms with Crippen LogP contribution in [-0.2, 0) is 6.54 Å². The van der Waals surface area contributed by atoms with Crippen LogP contribution >= 0.6 is 0 Å². The second kappa shape index (κ2) is 2.46. The lowest BCUT2D eigenvalue weighted by atomic mass is 10.5. The first-order chi connectivity index (χ1) is 5.81. The van der Waals surface area contributed by atoms with Crippen molar-refractivity contribution in [3.05, 3.63) is 24.0 Å². The van der Waals surface area contributed by atoms with Gasteiger partial charge in [0.1, 0.15) is 5.82 Å². The number of hydrogen-bond acceptors (Lipinski definition) is 4. The smallest absolute Gasteiger partial charge is 0.153 e. The summed E-state index contributed by atoms with van der Waals surface area (Å²) in [6.45, 7) is 0.414. The van der Waals surface area contributed by atoms with E-state index in [9.17, 15) is 0 Å². The molecular weight excluding hydrogens is 154 g/mol. The molecule has 0 saturated heterocycles. The van der Waals surface area contributed by atoms with E-state index in [1.807, 2.05) is 6.07 Å². The van der Waals surface area contributed by atoms with Crippen molar-refractivity contribution < 1.29 is 0 Å². The van der Waals surface area contributed by atoms with Crippen molar-refractivity contribution in [1.82, 2.24) is 14.6 Å². The summed E-state index contributed by atoms with van der Waals surface area (Å²) in [4.78, 5) is 4.10. The van der Waals surface area contributed by atoms with Crippen LogP contribution in [-0.4, -0.2) is 14.6 Å². The molecule has 12 heavy (non-hydrogen) atoms. The van der Waals surface area contributed by atoms with Gasteiger partial charge in [-0.1, -0.05) is 0 Å². The predicted octanol–water partition coefficient (Wildman–Crippen LogP) is -0.230. The average molecular weight is 163 g/mol. The molecule has 0 spiro atoms. The fraction of sp³-hybridized carbons (Fsp3) is 0.143. The molecule has 5 nitrogen and oxygen atoms in total. The minimum absolute atomic E-state index is 0.414. The van der Waals surface area contributed by atoms with E-state index in [4.69, 9.17) is 11.5 Å². The van der Waals surface area contributed by atoms with E-state index in [0.717, 1.165) is 11.3 Å². The third-order valence-corrected chi connectivity index (χ3v) is 1.66. The maximum absolute atomic E-state index is 5.51. The molecule has 0 aromatic carbocycles. The zero-order valence-electron chi connectivity index (χ0n) is 6.44. The van der Waals surface area contributed by atoms with Gasteiger partial charge in [0.05, 0.1) is 11.9 Å². The normalized spacial score (nSPS) is 10.8. The van der Waals surface area contributed by atoms with Crippen LogP contribution in [0.15, 0.2) is 18.3 Å². The number of imidazole rings is 1. The highest BCUT2D eigenvalue weighted by Crippen LogP contribution is 2.05. The second-order valence-corrected chi connectivity index (χ2v) is 2.48. The van der Waals surface area contributed by atoms with Gasteiger partial charge in [0, 0.05) is 6.54 Å². The molecule has 2 rings (SSSR count). The maximum Gasteiger partial charge on any atom is 0.153 e. The van der Waals surface area contributed by atoms with E-state index in [1.165, 1.54) is 0 Å². The molecule has 5 heteroatoms. The molecule has 0 radical (unpaired) electrons. The van der Waals surface area contributed by atoms with Gasteiger partial charge in [-0.05, 0) is 12.1 Å². The third kappa shape index (κ3) is 0.911. The number of aromatic nitrogens is 3. The fourth-order valence-corrected chi connectivity index (χ4v) is 1.07. The largest absolute Gasteiger partial charge is 0.382 e. The number of nitrogens with two attached hydrogens (primary N) is 2. The van der Waals surface area contributed by atoms with Crippen molar-refractivity contribution in [3.63, 3.8) is 0 Å². The SMILES string of the molecule is NCc1cnc2ccc(N)nn12. The van der Waals surface area contributed by atoms with Crippen LogP contribution < -0.4 is 11.5 Å². The molecule has 0 aliphatic rings. The molecular formula is C7H9N5. The van der Waals surface area contributed by atoms with Gasteiger partial charge in [0.15, 0.2) is 5.65 Å². The Morgan fingerprint density at radius 2 is 2.25 bits per heavy atom. The van der Waals surface area contributed by atoms with Crippen molar-refractivity contribution in [2.75, 3.05) is 5.73 Å². The van der Waals surface area contributed by atoms with E-state index in [0.29, 0.717) is 12.4 Å². The highest BCUT2D eigenvalue weighted by atomic mass is 15.3. The van der Waals surface area contributed by atoms with Crippen molar-refractivity contribution in [2.45, 2.75) is 6.54 Å². The summed E-state index contributed by atoms with van der Waals surface area (Å²) in [5.74, 6) is 0.468. The molecule has 0 amide bonds. The molecule has 0 saturated carbocycles. The van der Waals surface area contributed by atoms with E-state index >= 15 is 0 Å². The van der Waals surface area contributed by atoms with Crippen molar-refractivity contribution in [3.8, 4) is 0 Å². The van der Waals surface area contributed by atoms with Crippen molar-refractivity contribution >= 4 is 11.5 Å². The quantitative estimate of drug-likeness (QED) is 0.608. The zero-order chi connectivity index (χ0) is 8.55. The highest BCUT2D eigenvalue weighted by Gasteiger charge is 2.01. The fourth-order valence-electron chi connectivity index (χ4n) is 1.07. The summed E-state index contributed by atoms with van der Waals surface area (Å²) in [5, 5.41) is 4.06. The summed E-state index contributed by atoms with van der Waals surface area (Å²) in [7, 11) is 0. The van der Waals surface area contributed by atoms with Gasteiger partial charge in [0.25, 0.3) is 0 Å².